The van der Waals surface area contributed by atoms with Crippen molar-refractivity contribution in [2.24, 2.45) is 0 Å². The van der Waals surface area contributed by atoms with Crippen LogP contribution in [0.1, 0.15) is 18.7 Å². The van der Waals surface area contributed by atoms with Gasteiger partial charge >= 0.3 is 0 Å². The van der Waals surface area contributed by atoms with Gasteiger partial charge in [0.1, 0.15) is 17.1 Å². The van der Waals surface area contributed by atoms with Crippen molar-refractivity contribution >= 4 is 17.3 Å². The van der Waals surface area contributed by atoms with Gasteiger partial charge in [-0.25, -0.2) is 4.98 Å². The van der Waals surface area contributed by atoms with Crippen molar-refractivity contribution in [1.82, 2.24) is 9.38 Å². The van der Waals surface area contributed by atoms with Crippen LogP contribution in [-0.4, -0.2) is 27.5 Å². The molecule has 1 atom stereocenters. The highest BCUT2D eigenvalue weighted by molar-refractivity contribution is 8.00. The summed E-state index contributed by atoms with van der Waals surface area (Å²) in [5.41, 5.74) is 1.06. The number of ether oxygens (including phenoxy) is 1. The molecule has 3 rings (SSSR count). The average Bonchev–Trinajstić information content (AvgIpc) is 2.99. The van der Waals surface area contributed by atoms with E-state index in [1.165, 1.54) is 18.6 Å². The quantitative estimate of drug-likeness (QED) is 0.835. The summed E-state index contributed by atoms with van der Waals surface area (Å²) in [4.78, 5) is 4.54. The molecule has 0 amide bonds. The highest BCUT2D eigenvalue weighted by Gasteiger charge is 2.18. The van der Waals surface area contributed by atoms with Gasteiger partial charge in [0.2, 0.25) is 0 Å². The zero-order valence-electron chi connectivity index (χ0n) is 9.93. The Morgan fingerprint density at radius 1 is 1.59 bits per heavy atom. The fraction of sp³-hybridized carbons (Fsp3) is 0.462. The predicted molar refractivity (Wildman–Crippen MR) is 70.9 cm³/mol. The molecular weight excluding hydrogens is 232 g/mol. The molecule has 0 bridgehead atoms. The number of hydrogen-bond donors (Lipinski definition) is 0. The highest BCUT2D eigenvalue weighted by atomic mass is 32.2. The lowest BCUT2D eigenvalue weighted by Gasteiger charge is -2.08. The number of nitrogens with zero attached hydrogens (tertiary/aromatic N) is 2. The molecule has 3 heterocycles. The maximum Gasteiger partial charge on any atom is 0.144 e. The number of fused-ring (bicyclic) bond motifs is 1. The van der Waals surface area contributed by atoms with Gasteiger partial charge in [-0.15, -0.1) is 0 Å². The lowest BCUT2D eigenvalue weighted by molar-refractivity contribution is 0.418. The largest absolute Gasteiger partial charge is 0.494 e. The van der Waals surface area contributed by atoms with E-state index >= 15 is 0 Å². The van der Waals surface area contributed by atoms with Gasteiger partial charge in [0.15, 0.2) is 0 Å². The first-order chi connectivity index (χ1) is 8.38. The lowest BCUT2D eigenvalue weighted by Crippen LogP contribution is -2.06. The smallest absolute Gasteiger partial charge is 0.144 e. The van der Waals surface area contributed by atoms with Gasteiger partial charge in [0, 0.05) is 17.9 Å². The lowest BCUT2D eigenvalue weighted by atomic mass is 10.2. The SMILES string of the molecule is COc1cccn2c(CC3CCCS3)ncc12. The summed E-state index contributed by atoms with van der Waals surface area (Å²) in [5, 5.41) is 0.742. The van der Waals surface area contributed by atoms with Crippen molar-refractivity contribution in [3.05, 3.63) is 30.4 Å². The average molecular weight is 248 g/mol. The summed E-state index contributed by atoms with van der Waals surface area (Å²) < 4.78 is 7.50. The van der Waals surface area contributed by atoms with Crippen LogP contribution in [0.3, 0.4) is 0 Å². The molecule has 4 heteroatoms. The molecule has 0 radical (unpaired) electrons. The second-order valence-corrected chi connectivity index (χ2v) is 5.75. The molecule has 1 aliphatic heterocycles. The van der Waals surface area contributed by atoms with Gasteiger partial charge in [-0.3, -0.25) is 0 Å². The molecule has 2 aromatic rings. The molecular formula is C13H16N2OS. The van der Waals surface area contributed by atoms with Crippen LogP contribution < -0.4 is 4.74 Å². The van der Waals surface area contributed by atoms with E-state index in [0.29, 0.717) is 0 Å². The number of thioether (sulfide) groups is 1. The molecule has 1 fully saturated rings. The molecule has 0 N–H and O–H groups in total. The Labute approximate surface area is 105 Å². The Kier molecular flexibility index (Phi) is 2.97. The van der Waals surface area contributed by atoms with E-state index < -0.39 is 0 Å². The Morgan fingerprint density at radius 2 is 2.53 bits per heavy atom. The van der Waals surface area contributed by atoms with E-state index in [1.54, 1.807) is 7.11 Å². The molecule has 1 aliphatic rings. The third-order valence-electron chi connectivity index (χ3n) is 3.26. The first kappa shape index (κ1) is 11.0. The normalized spacial score (nSPS) is 19.9. The van der Waals surface area contributed by atoms with Crippen molar-refractivity contribution in [1.29, 1.82) is 0 Å². The first-order valence-corrected chi connectivity index (χ1v) is 7.04. The standard InChI is InChI=1S/C13H16N2OS/c1-16-12-5-2-6-15-11(12)9-14-13(15)8-10-4-3-7-17-10/h2,5-6,9-10H,3-4,7-8H2,1H3. The minimum absolute atomic E-state index is 0.742. The van der Waals surface area contributed by atoms with E-state index in [4.69, 9.17) is 4.74 Å². The summed E-state index contributed by atoms with van der Waals surface area (Å²) in [6.07, 6.45) is 7.71. The molecule has 1 saturated heterocycles. The van der Waals surface area contributed by atoms with E-state index in [9.17, 15) is 0 Å². The maximum absolute atomic E-state index is 5.34. The summed E-state index contributed by atoms with van der Waals surface area (Å²) in [5.74, 6) is 3.35. The Morgan fingerprint density at radius 3 is 3.29 bits per heavy atom. The second-order valence-electron chi connectivity index (χ2n) is 4.35. The number of aromatic nitrogens is 2. The van der Waals surface area contributed by atoms with E-state index in [0.717, 1.165) is 28.8 Å². The number of methoxy groups -OCH3 is 1. The second kappa shape index (κ2) is 4.61. The first-order valence-electron chi connectivity index (χ1n) is 5.99. The summed E-state index contributed by atoms with van der Waals surface area (Å²) >= 11 is 2.07. The number of hydrogen-bond acceptors (Lipinski definition) is 3. The van der Waals surface area contributed by atoms with Crippen LogP contribution in [0.2, 0.25) is 0 Å². The third-order valence-corrected chi connectivity index (χ3v) is 4.66. The summed E-state index contributed by atoms with van der Waals surface area (Å²) in [6, 6.07) is 3.99. The highest BCUT2D eigenvalue weighted by Crippen LogP contribution is 2.29. The van der Waals surface area contributed by atoms with Gasteiger partial charge in [-0.05, 0) is 30.7 Å². The molecule has 0 saturated carbocycles. The van der Waals surface area contributed by atoms with Gasteiger partial charge in [-0.2, -0.15) is 11.8 Å². The van der Waals surface area contributed by atoms with Crippen LogP contribution in [-0.2, 0) is 6.42 Å². The van der Waals surface area contributed by atoms with Gasteiger partial charge in [0.25, 0.3) is 0 Å². The molecule has 3 nitrogen and oxygen atoms in total. The monoisotopic (exact) mass is 248 g/mol. The van der Waals surface area contributed by atoms with Gasteiger partial charge in [-0.1, -0.05) is 0 Å². The molecule has 1 unspecified atom stereocenters. The fourth-order valence-corrected chi connectivity index (χ4v) is 3.65. The van der Waals surface area contributed by atoms with Crippen molar-refractivity contribution in [3.8, 4) is 5.75 Å². The zero-order chi connectivity index (χ0) is 11.7. The predicted octanol–water partition coefficient (Wildman–Crippen LogP) is 2.78. The minimum atomic E-state index is 0.742. The van der Waals surface area contributed by atoms with Crippen LogP contribution in [0.5, 0.6) is 5.75 Å². The van der Waals surface area contributed by atoms with Crippen molar-refractivity contribution in [2.75, 3.05) is 12.9 Å². The van der Waals surface area contributed by atoms with Crippen LogP contribution in [0.4, 0.5) is 0 Å². The maximum atomic E-state index is 5.34. The molecule has 2 aromatic heterocycles. The Balaban J connectivity index is 1.94. The Bertz CT molecular complexity index is 517. The van der Waals surface area contributed by atoms with Gasteiger partial charge in [0.05, 0.1) is 13.3 Å². The summed E-state index contributed by atoms with van der Waals surface area (Å²) in [7, 11) is 1.70. The minimum Gasteiger partial charge on any atom is -0.494 e. The van der Waals surface area contributed by atoms with E-state index in [1.807, 2.05) is 18.3 Å². The molecule has 0 aromatic carbocycles. The van der Waals surface area contributed by atoms with Crippen molar-refractivity contribution < 1.29 is 4.74 Å². The number of pyridine rings is 1. The molecule has 17 heavy (non-hydrogen) atoms. The molecule has 0 spiro atoms. The number of imidazole rings is 1. The number of rotatable bonds is 3. The van der Waals surface area contributed by atoms with Crippen molar-refractivity contribution in [2.45, 2.75) is 24.5 Å². The zero-order valence-corrected chi connectivity index (χ0v) is 10.7. The van der Waals surface area contributed by atoms with Crippen LogP contribution in [0, 0.1) is 0 Å². The Hall–Kier alpha value is -1.16. The van der Waals surface area contributed by atoms with Crippen molar-refractivity contribution in [3.63, 3.8) is 0 Å². The topological polar surface area (TPSA) is 26.5 Å². The van der Waals surface area contributed by atoms with Crippen LogP contribution in [0.15, 0.2) is 24.5 Å². The summed E-state index contributed by atoms with van der Waals surface area (Å²) in [6.45, 7) is 0. The van der Waals surface area contributed by atoms with Crippen LogP contribution in [0.25, 0.3) is 5.52 Å². The van der Waals surface area contributed by atoms with Gasteiger partial charge < -0.3 is 9.14 Å². The molecule has 90 valence electrons. The fourth-order valence-electron chi connectivity index (χ4n) is 2.38. The van der Waals surface area contributed by atoms with E-state index in [-0.39, 0.29) is 0 Å². The van der Waals surface area contributed by atoms with Crippen LogP contribution >= 0.6 is 11.8 Å². The third kappa shape index (κ3) is 2.02. The van der Waals surface area contributed by atoms with E-state index in [2.05, 4.69) is 27.3 Å². The molecule has 0 aliphatic carbocycles.